The summed E-state index contributed by atoms with van der Waals surface area (Å²) in [6.07, 6.45) is 1.90. The van der Waals surface area contributed by atoms with Gasteiger partial charge in [-0.15, -0.1) is 0 Å². The van der Waals surface area contributed by atoms with Crippen LogP contribution in [0.2, 0.25) is 5.02 Å². The second-order valence-corrected chi connectivity index (χ2v) is 3.55. The summed E-state index contributed by atoms with van der Waals surface area (Å²) < 4.78 is 5.14. The van der Waals surface area contributed by atoms with E-state index >= 15 is 0 Å². The van der Waals surface area contributed by atoms with Gasteiger partial charge in [0.1, 0.15) is 5.75 Å². The number of hydrogen-bond acceptors (Lipinski definition) is 4. The number of benzene rings is 1. The molecule has 5 nitrogen and oxygen atoms in total. The van der Waals surface area contributed by atoms with E-state index in [1.165, 1.54) is 6.21 Å². The van der Waals surface area contributed by atoms with E-state index in [-0.39, 0.29) is 0 Å². The summed E-state index contributed by atoms with van der Waals surface area (Å²) in [4.78, 5) is 14.7. The third-order valence-electron chi connectivity index (χ3n) is 1.89. The number of aliphatic carboxylic acids is 1. The lowest BCUT2D eigenvalue weighted by Gasteiger charge is -2.06. The van der Waals surface area contributed by atoms with Gasteiger partial charge < -0.3 is 14.7 Å². The second-order valence-electron chi connectivity index (χ2n) is 3.12. The monoisotopic (exact) mass is 257 g/mol. The van der Waals surface area contributed by atoms with E-state index in [9.17, 15) is 4.79 Å². The molecule has 0 atom stereocenters. The number of nitrogens with zero attached hydrogens (tertiary/aromatic N) is 1. The fourth-order valence-electron chi connectivity index (χ4n) is 1.19. The van der Waals surface area contributed by atoms with Gasteiger partial charge in [0, 0.05) is 23.2 Å². The van der Waals surface area contributed by atoms with Crippen LogP contribution in [0.15, 0.2) is 23.4 Å². The van der Waals surface area contributed by atoms with Gasteiger partial charge in [0.25, 0.3) is 0 Å². The number of carboxylic acids is 1. The lowest BCUT2D eigenvalue weighted by atomic mass is 10.1. The highest BCUT2D eigenvalue weighted by molar-refractivity contribution is 6.30. The number of carboxylic acid groups (broad SMARTS) is 1. The van der Waals surface area contributed by atoms with Gasteiger partial charge in [-0.1, -0.05) is 16.8 Å². The first-order chi connectivity index (χ1) is 8.13. The first kappa shape index (κ1) is 13.3. The Kier molecular flexibility index (Phi) is 5.29. The maximum absolute atomic E-state index is 10.1. The largest absolute Gasteiger partial charge is 0.496 e. The van der Waals surface area contributed by atoms with E-state index in [0.29, 0.717) is 17.2 Å². The minimum absolute atomic E-state index is 0.448. The molecule has 0 aliphatic rings. The van der Waals surface area contributed by atoms with Crippen LogP contribution >= 0.6 is 11.6 Å². The minimum atomic E-state index is -1.07. The zero-order valence-corrected chi connectivity index (χ0v) is 9.98. The van der Waals surface area contributed by atoms with E-state index in [1.807, 2.05) is 0 Å². The van der Waals surface area contributed by atoms with Crippen molar-refractivity contribution in [1.29, 1.82) is 0 Å². The number of halogens is 1. The summed E-state index contributed by atoms with van der Waals surface area (Å²) in [7, 11) is 1.56. The third kappa shape index (κ3) is 4.74. The quantitative estimate of drug-likeness (QED) is 0.625. The first-order valence-electron chi connectivity index (χ1n) is 4.81. The topological polar surface area (TPSA) is 68.1 Å². The van der Waals surface area contributed by atoms with Crippen molar-refractivity contribution < 1.29 is 19.5 Å². The Morgan fingerprint density at radius 3 is 3.00 bits per heavy atom. The normalized spacial score (nSPS) is 10.5. The van der Waals surface area contributed by atoms with E-state index in [2.05, 4.69) is 9.99 Å². The average Bonchev–Trinajstić information content (AvgIpc) is 2.28. The molecule has 1 aromatic carbocycles. The Morgan fingerprint density at radius 2 is 2.35 bits per heavy atom. The van der Waals surface area contributed by atoms with Crippen molar-refractivity contribution in [2.75, 3.05) is 13.7 Å². The number of rotatable bonds is 6. The fourth-order valence-corrected chi connectivity index (χ4v) is 1.38. The SMILES string of the molecule is COc1ccc(Cl)cc1C/C=N/OCC(=O)O. The van der Waals surface area contributed by atoms with Crippen LogP contribution in [0.4, 0.5) is 0 Å². The Balaban J connectivity index is 2.55. The molecule has 0 heterocycles. The molecule has 0 unspecified atom stereocenters. The third-order valence-corrected chi connectivity index (χ3v) is 2.13. The van der Waals surface area contributed by atoms with Gasteiger partial charge in [0.15, 0.2) is 0 Å². The van der Waals surface area contributed by atoms with Crippen molar-refractivity contribution in [2.24, 2.45) is 5.16 Å². The second kappa shape index (κ2) is 6.75. The Hall–Kier alpha value is -1.75. The molecule has 0 amide bonds. The average molecular weight is 258 g/mol. The van der Waals surface area contributed by atoms with Gasteiger partial charge in [0.05, 0.1) is 7.11 Å². The van der Waals surface area contributed by atoms with Crippen LogP contribution in [0.3, 0.4) is 0 Å². The smallest absolute Gasteiger partial charge is 0.344 e. The van der Waals surface area contributed by atoms with Crippen molar-refractivity contribution in [1.82, 2.24) is 0 Å². The van der Waals surface area contributed by atoms with Gasteiger partial charge >= 0.3 is 5.97 Å². The Labute approximate surface area is 104 Å². The highest BCUT2D eigenvalue weighted by atomic mass is 35.5. The number of carbonyl (C=O) groups is 1. The molecule has 0 aliphatic carbocycles. The van der Waals surface area contributed by atoms with Crippen molar-refractivity contribution in [3.8, 4) is 5.75 Å². The van der Waals surface area contributed by atoms with Crippen LogP contribution in [0, 0.1) is 0 Å². The van der Waals surface area contributed by atoms with Gasteiger partial charge in [-0.05, 0) is 18.2 Å². The van der Waals surface area contributed by atoms with Gasteiger partial charge in [-0.3, -0.25) is 0 Å². The molecule has 0 aromatic heterocycles. The maximum atomic E-state index is 10.1. The van der Waals surface area contributed by atoms with Crippen molar-refractivity contribution in [2.45, 2.75) is 6.42 Å². The number of methoxy groups -OCH3 is 1. The number of hydrogen-bond donors (Lipinski definition) is 1. The Bertz CT molecular complexity index is 420. The molecule has 17 heavy (non-hydrogen) atoms. The van der Waals surface area contributed by atoms with Crippen LogP contribution in [0.5, 0.6) is 5.75 Å². The minimum Gasteiger partial charge on any atom is -0.496 e. The number of ether oxygens (including phenoxy) is 1. The van der Waals surface area contributed by atoms with Gasteiger partial charge in [0.2, 0.25) is 6.61 Å². The molecule has 0 saturated carbocycles. The molecule has 0 radical (unpaired) electrons. The Morgan fingerprint density at radius 1 is 1.59 bits per heavy atom. The fraction of sp³-hybridized carbons (Fsp3) is 0.273. The lowest BCUT2D eigenvalue weighted by molar-refractivity contribution is -0.142. The van der Waals surface area contributed by atoms with Gasteiger partial charge in [-0.2, -0.15) is 0 Å². The molecular weight excluding hydrogens is 246 g/mol. The highest BCUT2D eigenvalue weighted by Crippen LogP contribution is 2.22. The van der Waals surface area contributed by atoms with Crippen LogP contribution < -0.4 is 4.74 Å². The summed E-state index contributed by atoms with van der Waals surface area (Å²) >= 11 is 5.85. The molecule has 6 heteroatoms. The zero-order chi connectivity index (χ0) is 12.7. The summed E-state index contributed by atoms with van der Waals surface area (Å²) in [5.74, 6) is -0.374. The first-order valence-corrected chi connectivity index (χ1v) is 5.19. The lowest BCUT2D eigenvalue weighted by Crippen LogP contribution is -2.03. The summed E-state index contributed by atoms with van der Waals surface area (Å²) in [6, 6.07) is 5.23. The molecule has 1 N–H and O–H groups in total. The molecular formula is C11H12ClNO4. The van der Waals surface area contributed by atoms with E-state index < -0.39 is 12.6 Å². The van der Waals surface area contributed by atoms with E-state index in [1.54, 1.807) is 25.3 Å². The standard InChI is InChI=1S/C11H12ClNO4/c1-16-10-3-2-9(12)6-8(10)4-5-13-17-7-11(14)15/h2-3,5-6H,4,7H2,1H3,(H,14,15)/b13-5+. The van der Waals surface area contributed by atoms with Crippen molar-refractivity contribution in [3.63, 3.8) is 0 Å². The summed E-state index contributed by atoms with van der Waals surface area (Å²) in [6.45, 7) is -0.455. The molecule has 1 aromatic rings. The van der Waals surface area contributed by atoms with E-state index in [0.717, 1.165) is 5.56 Å². The molecule has 0 aliphatic heterocycles. The summed E-state index contributed by atoms with van der Waals surface area (Å²) in [5, 5.41) is 12.4. The molecule has 0 spiro atoms. The molecule has 0 bridgehead atoms. The highest BCUT2D eigenvalue weighted by Gasteiger charge is 2.02. The predicted octanol–water partition coefficient (Wildman–Crippen LogP) is 1.98. The van der Waals surface area contributed by atoms with Crippen LogP contribution in [0.25, 0.3) is 0 Å². The maximum Gasteiger partial charge on any atom is 0.344 e. The summed E-state index contributed by atoms with van der Waals surface area (Å²) in [5.41, 5.74) is 0.850. The van der Waals surface area contributed by atoms with Crippen LogP contribution in [-0.4, -0.2) is 31.0 Å². The predicted molar refractivity (Wildman–Crippen MR) is 63.8 cm³/mol. The van der Waals surface area contributed by atoms with E-state index in [4.69, 9.17) is 21.4 Å². The van der Waals surface area contributed by atoms with Crippen molar-refractivity contribution in [3.05, 3.63) is 28.8 Å². The molecule has 0 fully saturated rings. The zero-order valence-electron chi connectivity index (χ0n) is 9.22. The molecule has 0 saturated heterocycles. The number of oxime groups is 1. The van der Waals surface area contributed by atoms with Gasteiger partial charge in [-0.25, -0.2) is 4.79 Å². The van der Waals surface area contributed by atoms with Crippen molar-refractivity contribution >= 4 is 23.8 Å². The van der Waals surface area contributed by atoms with Crippen LogP contribution in [0.1, 0.15) is 5.56 Å². The molecule has 92 valence electrons. The molecule has 1 rings (SSSR count). The van der Waals surface area contributed by atoms with Crippen LogP contribution in [-0.2, 0) is 16.1 Å².